The number of nitrogens with two attached hydrogens (primary N) is 1. The summed E-state index contributed by atoms with van der Waals surface area (Å²) in [6.07, 6.45) is 1.11. The Morgan fingerprint density at radius 2 is 2.36 bits per heavy atom. The van der Waals surface area contributed by atoms with Gasteiger partial charge >= 0.3 is 0 Å². The molecule has 1 aliphatic rings. The molecule has 0 aliphatic carbocycles. The van der Waals surface area contributed by atoms with Gasteiger partial charge in [-0.15, -0.1) is 0 Å². The number of carbonyl (C=O) groups excluding carboxylic acids is 1. The number of nitrogens with one attached hydrogen (secondary N) is 1. The summed E-state index contributed by atoms with van der Waals surface area (Å²) in [5, 5.41) is 2.03. The Morgan fingerprint density at radius 3 is 2.82 bits per heavy atom. The molecule has 0 saturated carbocycles. The molecule has 0 radical (unpaired) electrons. The smallest absolute Gasteiger partial charge is 0.223 e. The van der Waals surface area contributed by atoms with E-state index in [2.05, 4.69) is 12.3 Å². The van der Waals surface area contributed by atoms with Gasteiger partial charge in [0.25, 0.3) is 0 Å². The minimum absolute atomic E-state index is 0.0688. The van der Waals surface area contributed by atoms with Gasteiger partial charge in [0.15, 0.2) is 0 Å². The van der Waals surface area contributed by atoms with E-state index in [0.29, 0.717) is 0 Å². The van der Waals surface area contributed by atoms with Crippen LogP contribution in [0, 0.1) is 5.92 Å². The third-order valence-electron chi connectivity index (χ3n) is 1.87. The van der Waals surface area contributed by atoms with Crippen molar-refractivity contribution < 1.29 is 4.79 Å². The highest BCUT2D eigenvalue weighted by Crippen LogP contribution is 2.10. The lowest BCUT2D eigenvalue weighted by atomic mass is 10.0. The second-order valence-corrected chi connectivity index (χ2v) is 2.91. The molecule has 1 amide bonds. The molecule has 64 valence electrons. The van der Waals surface area contributed by atoms with E-state index in [1.165, 1.54) is 0 Å². The quantitative estimate of drug-likeness (QED) is 0.568. The molecule has 1 aliphatic heterocycles. The molecule has 3 N–H and O–H groups in total. The summed E-state index contributed by atoms with van der Waals surface area (Å²) in [6.45, 7) is 4.63. The summed E-state index contributed by atoms with van der Waals surface area (Å²) < 4.78 is 0. The molecule has 0 aromatic carbocycles. The highest BCUT2D eigenvalue weighted by atomic mass is 16.1. The minimum Gasteiger partial charge on any atom is -0.369 e. The highest BCUT2D eigenvalue weighted by Gasteiger charge is 2.30. The first-order valence-electron chi connectivity index (χ1n) is 4.01. The van der Waals surface area contributed by atoms with Crippen LogP contribution in [0.1, 0.15) is 13.3 Å². The summed E-state index contributed by atoms with van der Waals surface area (Å²) >= 11 is 0. The first kappa shape index (κ1) is 8.49. The van der Waals surface area contributed by atoms with Gasteiger partial charge in [-0.25, -0.2) is 5.01 Å². The molecule has 0 unspecified atom stereocenters. The van der Waals surface area contributed by atoms with Crippen molar-refractivity contribution in [2.24, 2.45) is 11.7 Å². The Balaban J connectivity index is 2.05. The van der Waals surface area contributed by atoms with E-state index in [-0.39, 0.29) is 11.8 Å². The van der Waals surface area contributed by atoms with Crippen LogP contribution in [0.2, 0.25) is 0 Å². The van der Waals surface area contributed by atoms with Crippen molar-refractivity contribution in [2.45, 2.75) is 13.3 Å². The van der Waals surface area contributed by atoms with Gasteiger partial charge in [-0.2, -0.15) is 0 Å². The van der Waals surface area contributed by atoms with Crippen molar-refractivity contribution in [3.8, 4) is 0 Å². The van der Waals surface area contributed by atoms with Gasteiger partial charge < -0.3 is 5.73 Å². The minimum atomic E-state index is -0.181. The molecule has 0 spiro atoms. The lowest BCUT2D eigenvalue weighted by Gasteiger charge is -2.37. The maximum absolute atomic E-state index is 10.6. The molecule has 11 heavy (non-hydrogen) atoms. The summed E-state index contributed by atoms with van der Waals surface area (Å²) in [5.41, 5.74) is 8.27. The molecule has 1 heterocycles. The third kappa shape index (κ3) is 2.17. The van der Waals surface area contributed by atoms with Crippen LogP contribution < -0.4 is 11.2 Å². The van der Waals surface area contributed by atoms with Crippen molar-refractivity contribution >= 4 is 5.91 Å². The van der Waals surface area contributed by atoms with Gasteiger partial charge in [0.05, 0.1) is 5.92 Å². The van der Waals surface area contributed by atoms with E-state index >= 15 is 0 Å². The van der Waals surface area contributed by atoms with E-state index < -0.39 is 0 Å². The number of hydrogen-bond donors (Lipinski definition) is 2. The largest absolute Gasteiger partial charge is 0.369 e. The Kier molecular flexibility index (Phi) is 2.84. The van der Waals surface area contributed by atoms with Crippen LogP contribution in [0.15, 0.2) is 0 Å². The third-order valence-corrected chi connectivity index (χ3v) is 1.87. The van der Waals surface area contributed by atoms with Crippen molar-refractivity contribution in [2.75, 3.05) is 19.6 Å². The predicted octanol–water partition coefficient (Wildman–Crippen LogP) is -0.682. The zero-order chi connectivity index (χ0) is 8.27. The van der Waals surface area contributed by atoms with Crippen LogP contribution >= 0.6 is 0 Å². The van der Waals surface area contributed by atoms with Gasteiger partial charge in [0.2, 0.25) is 5.91 Å². The van der Waals surface area contributed by atoms with Gasteiger partial charge in [0, 0.05) is 19.6 Å². The second-order valence-electron chi connectivity index (χ2n) is 2.91. The molecule has 0 aromatic heterocycles. The zero-order valence-corrected chi connectivity index (χ0v) is 6.84. The number of nitrogens with zero attached hydrogens (tertiary/aromatic N) is 1. The van der Waals surface area contributed by atoms with Gasteiger partial charge in [-0.1, -0.05) is 6.92 Å². The van der Waals surface area contributed by atoms with E-state index in [0.717, 1.165) is 26.1 Å². The maximum Gasteiger partial charge on any atom is 0.223 e. The van der Waals surface area contributed by atoms with Crippen molar-refractivity contribution in [1.29, 1.82) is 0 Å². The Bertz CT molecular complexity index is 143. The summed E-state index contributed by atoms with van der Waals surface area (Å²) in [7, 11) is 0. The van der Waals surface area contributed by atoms with E-state index in [9.17, 15) is 4.79 Å². The average Bonchev–Trinajstić information content (AvgIpc) is 1.84. The van der Waals surface area contributed by atoms with Crippen molar-refractivity contribution in [1.82, 2.24) is 10.4 Å². The molecular formula is C7H15N3O. The monoisotopic (exact) mass is 157 g/mol. The second kappa shape index (κ2) is 3.69. The molecule has 4 heteroatoms. The average molecular weight is 157 g/mol. The normalized spacial score (nSPS) is 19.7. The van der Waals surface area contributed by atoms with E-state index in [1.807, 2.05) is 5.01 Å². The van der Waals surface area contributed by atoms with Crippen LogP contribution in [0.25, 0.3) is 0 Å². The van der Waals surface area contributed by atoms with Crippen molar-refractivity contribution in [3.05, 3.63) is 0 Å². The first-order chi connectivity index (χ1) is 5.24. The SMILES string of the molecule is CCCNN1CC(C(N)=O)C1. The number of hydrazine groups is 1. The van der Waals surface area contributed by atoms with Gasteiger partial charge in [-0.3, -0.25) is 10.2 Å². The fourth-order valence-electron chi connectivity index (χ4n) is 1.06. The van der Waals surface area contributed by atoms with Gasteiger partial charge in [-0.05, 0) is 6.42 Å². The van der Waals surface area contributed by atoms with Crippen molar-refractivity contribution in [3.63, 3.8) is 0 Å². The van der Waals surface area contributed by atoms with Crippen LogP contribution in [-0.4, -0.2) is 30.6 Å². The molecule has 0 atom stereocenters. The summed E-state index contributed by atoms with van der Waals surface area (Å²) in [5.74, 6) is -0.112. The van der Waals surface area contributed by atoms with Crippen LogP contribution in [0.5, 0.6) is 0 Å². The molecule has 1 rings (SSSR count). The molecule has 4 nitrogen and oxygen atoms in total. The molecule has 0 aromatic rings. The topological polar surface area (TPSA) is 58.4 Å². The fraction of sp³-hybridized carbons (Fsp3) is 0.857. The standard InChI is InChI=1S/C7H15N3O/c1-2-3-9-10-4-6(5-10)7(8)11/h6,9H,2-5H2,1H3,(H2,8,11). The van der Waals surface area contributed by atoms with Crippen LogP contribution in [0.3, 0.4) is 0 Å². The fourth-order valence-corrected chi connectivity index (χ4v) is 1.06. The lowest BCUT2D eigenvalue weighted by molar-refractivity contribution is -0.128. The number of primary amides is 1. The Labute approximate surface area is 66.7 Å². The van der Waals surface area contributed by atoms with E-state index in [1.54, 1.807) is 0 Å². The molecule has 1 saturated heterocycles. The number of carbonyl (C=O) groups is 1. The number of hydrogen-bond acceptors (Lipinski definition) is 3. The predicted molar refractivity (Wildman–Crippen MR) is 42.6 cm³/mol. The maximum atomic E-state index is 10.6. The molecule has 0 bridgehead atoms. The first-order valence-corrected chi connectivity index (χ1v) is 4.01. The number of amides is 1. The summed E-state index contributed by atoms with van der Waals surface area (Å²) in [4.78, 5) is 10.6. The Morgan fingerprint density at radius 1 is 1.73 bits per heavy atom. The lowest BCUT2D eigenvalue weighted by Crippen LogP contribution is -2.58. The zero-order valence-electron chi connectivity index (χ0n) is 6.84. The van der Waals surface area contributed by atoms with Crippen LogP contribution in [-0.2, 0) is 4.79 Å². The molecular weight excluding hydrogens is 142 g/mol. The molecule has 1 fully saturated rings. The van der Waals surface area contributed by atoms with Gasteiger partial charge in [0.1, 0.15) is 0 Å². The Hall–Kier alpha value is -0.610. The van der Waals surface area contributed by atoms with Crippen LogP contribution in [0.4, 0.5) is 0 Å². The highest BCUT2D eigenvalue weighted by molar-refractivity contribution is 5.77. The number of rotatable bonds is 4. The van der Waals surface area contributed by atoms with E-state index in [4.69, 9.17) is 5.73 Å². The summed E-state index contributed by atoms with van der Waals surface area (Å²) in [6, 6.07) is 0.